The van der Waals surface area contributed by atoms with Crippen LogP contribution in [0.5, 0.6) is 34.5 Å². The van der Waals surface area contributed by atoms with Gasteiger partial charge in [-0.1, -0.05) is 60.1 Å². The molecule has 5 rings (SSSR count). The molecule has 0 saturated heterocycles. The third-order valence-electron chi connectivity index (χ3n) is 5.75. The van der Waals surface area contributed by atoms with E-state index < -0.39 is 0 Å². The molecular formula is C34H24N2O4. The van der Waals surface area contributed by atoms with Crippen molar-refractivity contribution >= 4 is 11.4 Å². The lowest BCUT2D eigenvalue weighted by molar-refractivity contribution is 0.451. The fourth-order valence-electron chi connectivity index (χ4n) is 3.71. The Hall–Kier alpha value is -5.98. The largest absolute Gasteiger partial charge is 0.506 e. The van der Waals surface area contributed by atoms with E-state index >= 15 is 0 Å². The molecule has 0 aliphatic rings. The monoisotopic (exact) mass is 524 g/mol. The number of benzene rings is 5. The number of ether oxygens (including phenoxy) is 2. The van der Waals surface area contributed by atoms with Crippen LogP contribution in [-0.2, 0) is 0 Å². The van der Waals surface area contributed by atoms with E-state index in [1.54, 1.807) is 24.3 Å². The topological polar surface area (TPSA) is 111 Å². The number of anilines is 2. The Morgan fingerprint density at radius 2 is 0.900 bits per heavy atom. The van der Waals surface area contributed by atoms with Crippen LogP contribution in [0, 0.1) is 23.7 Å². The standard InChI is InChI=1S/C34H24N2O4/c35-29-21-26(14-17-31(29)37)39-33-19-25(12-11-23-7-3-1-4-8-23)20-34(40-27-15-18-32(38)30(36)22-27)28(33)16-13-24-9-5-2-6-10-24/h1-10,14-15,17-22,37-38H,35-36H2. The Morgan fingerprint density at radius 1 is 0.475 bits per heavy atom. The van der Waals surface area contributed by atoms with Gasteiger partial charge in [0.2, 0.25) is 0 Å². The van der Waals surface area contributed by atoms with Gasteiger partial charge in [-0.25, -0.2) is 0 Å². The molecule has 0 saturated carbocycles. The van der Waals surface area contributed by atoms with Crippen LogP contribution >= 0.6 is 0 Å². The summed E-state index contributed by atoms with van der Waals surface area (Å²) in [6, 6.07) is 31.8. The molecule has 0 aliphatic heterocycles. The fourth-order valence-corrected chi connectivity index (χ4v) is 3.71. The molecule has 0 unspecified atom stereocenters. The van der Waals surface area contributed by atoms with Gasteiger partial charge in [0.05, 0.1) is 11.4 Å². The summed E-state index contributed by atoms with van der Waals surface area (Å²) >= 11 is 0. The van der Waals surface area contributed by atoms with E-state index in [9.17, 15) is 10.2 Å². The van der Waals surface area contributed by atoms with E-state index in [2.05, 4.69) is 23.7 Å². The number of phenols is 2. The van der Waals surface area contributed by atoms with Gasteiger partial charge in [0, 0.05) is 28.8 Å². The summed E-state index contributed by atoms with van der Waals surface area (Å²) in [6.07, 6.45) is 0. The second-order valence-electron chi connectivity index (χ2n) is 8.72. The first-order valence-corrected chi connectivity index (χ1v) is 12.3. The molecule has 0 bridgehead atoms. The minimum absolute atomic E-state index is 0.0483. The van der Waals surface area contributed by atoms with Crippen LogP contribution in [0.4, 0.5) is 11.4 Å². The van der Waals surface area contributed by atoms with Crippen LogP contribution in [0.3, 0.4) is 0 Å². The molecule has 0 aromatic heterocycles. The van der Waals surface area contributed by atoms with Crippen LogP contribution in [0.25, 0.3) is 0 Å². The van der Waals surface area contributed by atoms with Crippen molar-refractivity contribution in [3.05, 3.63) is 131 Å². The minimum atomic E-state index is -0.0483. The van der Waals surface area contributed by atoms with E-state index in [0.29, 0.717) is 34.1 Å². The average Bonchev–Trinajstić information content (AvgIpc) is 2.96. The summed E-state index contributed by atoms with van der Waals surface area (Å²) in [5.41, 5.74) is 14.9. The first-order valence-electron chi connectivity index (χ1n) is 12.3. The van der Waals surface area contributed by atoms with Gasteiger partial charge < -0.3 is 31.2 Å². The SMILES string of the molecule is Nc1cc(Oc2cc(C#Cc3ccccc3)cc(Oc3ccc(O)c(N)c3)c2C#Cc2ccccc2)ccc1O. The molecule has 6 heteroatoms. The summed E-state index contributed by atoms with van der Waals surface area (Å²) in [5, 5.41) is 19.8. The molecule has 5 aromatic carbocycles. The predicted octanol–water partition coefficient (Wildman–Crippen LogP) is 6.65. The molecule has 0 atom stereocenters. The molecule has 0 amide bonds. The average molecular weight is 525 g/mol. The van der Waals surface area contributed by atoms with Crippen molar-refractivity contribution in [3.63, 3.8) is 0 Å². The first kappa shape index (κ1) is 25.7. The van der Waals surface area contributed by atoms with Crippen molar-refractivity contribution in [3.8, 4) is 58.2 Å². The maximum atomic E-state index is 9.88. The Labute approximate surface area is 232 Å². The van der Waals surface area contributed by atoms with Crippen LogP contribution < -0.4 is 20.9 Å². The predicted molar refractivity (Wildman–Crippen MR) is 156 cm³/mol. The second-order valence-corrected chi connectivity index (χ2v) is 8.72. The normalized spacial score (nSPS) is 10.0. The van der Waals surface area contributed by atoms with E-state index in [1.807, 2.05) is 60.7 Å². The Balaban J connectivity index is 1.67. The molecule has 0 heterocycles. The van der Waals surface area contributed by atoms with Gasteiger partial charge in [0.25, 0.3) is 0 Å². The number of rotatable bonds is 4. The first-order chi connectivity index (χ1) is 19.4. The highest BCUT2D eigenvalue weighted by Gasteiger charge is 2.15. The van der Waals surface area contributed by atoms with Crippen LogP contribution in [0.2, 0.25) is 0 Å². The quantitative estimate of drug-likeness (QED) is 0.119. The van der Waals surface area contributed by atoms with Crippen molar-refractivity contribution < 1.29 is 19.7 Å². The van der Waals surface area contributed by atoms with Crippen molar-refractivity contribution in [2.24, 2.45) is 0 Å². The van der Waals surface area contributed by atoms with Gasteiger partial charge in [-0.2, -0.15) is 0 Å². The lowest BCUT2D eigenvalue weighted by atomic mass is 10.1. The lowest BCUT2D eigenvalue weighted by Crippen LogP contribution is -1.97. The van der Waals surface area contributed by atoms with E-state index in [-0.39, 0.29) is 22.9 Å². The highest BCUT2D eigenvalue weighted by molar-refractivity contribution is 5.65. The molecule has 194 valence electrons. The number of aromatic hydroxyl groups is 2. The zero-order valence-corrected chi connectivity index (χ0v) is 21.3. The zero-order valence-electron chi connectivity index (χ0n) is 21.3. The van der Waals surface area contributed by atoms with Gasteiger partial charge in [0.15, 0.2) is 0 Å². The molecule has 0 fully saturated rings. The van der Waals surface area contributed by atoms with E-state index in [4.69, 9.17) is 20.9 Å². The number of phenolic OH excluding ortho intramolecular Hbond substituents is 2. The molecule has 0 spiro atoms. The summed E-state index contributed by atoms with van der Waals surface area (Å²) in [6.45, 7) is 0. The number of nitrogen functional groups attached to an aromatic ring is 2. The number of hydrogen-bond donors (Lipinski definition) is 4. The van der Waals surface area contributed by atoms with Crippen molar-refractivity contribution in [1.29, 1.82) is 0 Å². The number of hydrogen-bond acceptors (Lipinski definition) is 6. The molecule has 0 aliphatic carbocycles. The van der Waals surface area contributed by atoms with E-state index in [0.717, 1.165) is 11.1 Å². The minimum Gasteiger partial charge on any atom is -0.506 e. The summed E-state index contributed by atoms with van der Waals surface area (Å²) < 4.78 is 12.5. The summed E-state index contributed by atoms with van der Waals surface area (Å²) in [7, 11) is 0. The van der Waals surface area contributed by atoms with Crippen molar-refractivity contribution in [2.75, 3.05) is 11.5 Å². The Bertz CT molecular complexity index is 1720. The fraction of sp³-hybridized carbons (Fsp3) is 0. The maximum Gasteiger partial charge on any atom is 0.148 e. The highest BCUT2D eigenvalue weighted by Crippen LogP contribution is 2.38. The van der Waals surface area contributed by atoms with Crippen molar-refractivity contribution in [2.45, 2.75) is 0 Å². The van der Waals surface area contributed by atoms with Crippen LogP contribution in [-0.4, -0.2) is 10.2 Å². The molecule has 6 N–H and O–H groups in total. The van der Waals surface area contributed by atoms with Gasteiger partial charge in [-0.15, -0.1) is 0 Å². The third-order valence-corrected chi connectivity index (χ3v) is 5.75. The summed E-state index contributed by atoms with van der Waals surface area (Å²) in [4.78, 5) is 0. The zero-order chi connectivity index (χ0) is 27.9. The summed E-state index contributed by atoms with van der Waals surface area (Å²) in [5.74, 6) is 14.1. The van der Waals surface area contributed by atoms with Gasteiger partial charge >= 0.3 is 0 Å². The number of nitrogens with two attached hydrogens (primary N) is 2. The van der Waals surface area contributed by atoms with Gasteiger partial charge in [-0.05, 0) is 60.7 Å². The van der Waals surface area contributed by atoms with Gasteiger partial charge in [0.1, 0.15) is 40.1 Å². The molecule has 40 heavy (non-hydrogen) atoms. The second kappa shape index (κ2) is 11.6. The van der Waals surface area contributed by atoms with Crippen LogP contribution in [0.15, 0.2) is 109 Å². The Morgan fingerprint density at radius 3 is 1.35 bits per heavy atom. The van der Waals surface area contributed by atoms with Crippen LogP contribution in [0.1, 0.15) is 22.3 Å². The maximum absolute atomic E-state index is 9.88. The Kier molecular flexibility index (Phi) is 7.44. The van der Waals surface area contributed by atoms with Gasteiger partial charge in [-0.3, -0.25) is 0 Å². The molecular weight excluding hydrogens is 500 g/mol. The molecule has 0 radical (unpaired) electrons. The smallest absolute Gasteiger partial charge is 0.148 e. The highest BCUT2D eigenvalue weighted by atomic mass is 16.5. The van der Waals surface area contributed by atoms with E-state index in [1.165, 1.54) is 24.3 Å². The third kappa shape index (κ3) is 6.28. The molecule has 6 nitrogen and oxygen atoms in total. The lowest BCUT2D eigenvalue weighted by Gasteiger charge is -2.15. The molecule has 5 aromatic rings. The van der Waals surface area contributed by atoms with Crippen molar-refractivity contribution in [1.82, 2.24) is 0 Å².